The first-order chi connectivity index (χ1) is 27.6. The Bertz CT molecular complexity index is 1750. The van der Waals surface area contributed by atoms with Gasteiger partial charge in [-0.05, 0) is 69.1 Å². The summed E-state index contributed by atoms with van der Waals surface area (Å²) in [5.74, 6) is -2.56. The van der Waals surface area contributed by atoms with Crippen LogP contribution in [-0.2, 0) is 52.8 Å². The third-order valence-electron chi connectivity index (χ3n) is 8.75. The molecule has 14 nitrogen and oxygen atoms in total. The van der Waals surface area contributed by atoms with Crippen LogP contribution in [0.25, 0.3) is 0 Å². The normalized spacial score (nSPS) is 13.2. The molecule has 0 fully saturated rings. The molecule has 14 heteroatoms. The second-order valence-corrected chi connectivity index (χ2v) is 15.4. The van der Waals surface area contributed by atoms with Crippen molar-refractivity contribution in [2.45, 2.75) is 110 Å². The van der Waals surface area contributed by atoms with Crippen LogP contribution in [0, 0.1) is 5.92 Å². The number of carbonyl (C=O) groups excluding carboxylic acids is 6. The molecular formula is C44H59N5O9. The molecule has 0 spiro atoms. The van der Waals surface area contributed by atoms with Crippen molar-refractivity contribution in [2.75, 3.05) is 13.7 Å². The highest BCUT2D eigenvalue weighted by molar-refractivity contribution is 5.95. The highest BCUT2D eigenvalue weighted by Crippen LogP contribution is 2.13. The molecule has 58 heavy (non-hydrogen) atoms. The number of carbonyl (C=O) groups is 6. The van der Waals surface area contributed by atoms with Gasteiger partial charge in [-0.2, -0.15) is 0 Å². The van der Waals surface area contributed by atoms with E-state index in [4.69, 9.17) is 14.2 Å². The zero-order valence-electron chi connectivity index (χ0n) is 34.4. The number of nitrogens with one attached hydrogen (secondary N) is 5. The van der Waals surface area contributed by atoms with E-state index in [0.717, 1.165) is 16.7 Å². The average molecular weight is 802 g/mol. The van der Waals surface area contributed by atoms with Crippen LogP contribution in [0.1, 0.15) is 77.0 Å². The largest absolute Gasteiger partial charge is 0.467 e. The van der Waals surface area contributed by atoms with Gasteiger partial charge in [0.15, 0.2) is 0 Å². The lowest BCUT2D eigenvalue weighted by Gasteiger charge is -2.27. The fourth-order valence-electron chi connectivity index (χ4n) is 5.92. The molecule has 0 aliphatic rings. The molecule has 0 unspecified atom stereocenters. The van der Waals surface area contributed by atoms with Gasteiger partial charge in [-0.25, -0.2) is 14.4 Å². The first-order valence-electron chi connectivity index (χ1n) is 19.6. The standard InChI is InChI=1S/C44H59N5O9/c1-30(2)26-35(38(50)46-34(41(53)56-6)24-16-17-25-45-42(54)57-29-33-22-14-9-15-23-33)47-39(51)36(27-31-18-10-7-11-19-31)48-40(52)37(28-32-20-12-8-13-21-32)49-43(55)58-44(3,4)5/h7-15,18-23,30,34-37H,16-17,24-29H2,1-6H3,(H,45,54)(H,46,50)(H,47,51)(H,48,52)(H,49,55)/t34-,35-,36-,37-/m1/s1. The lowest BCUT2D eigenvalue weighted by atomic mass is 9.99. The van der Waals surface area contributed by atoms with Gasteiger partial charge in [-0.1, -0.05) is 105 Å². The molecular weight excluding hydrogens is 743 g/mol. The first kappa shape index (κ1) is 46.5. The Kier molecular flexibility index (Phi) is 19.2. The number of rotatable bonds is 21. The summed E-state index contributed by atoms with van der Waals surface area (Å²) in [7, 11) is 1.22. The number of alkyl carbamates (subject to hydrolysis) is 2. The Hall–Kier alpha value is -5.92. The number of hydrogen-bond acceptors (Lipinski definition) is 9. The fourth-order valence-corrected chi connectivity index (χ4v) is 5.92. The van der Waals surface area contributed by atoms with Crippen LogP contribution in [-0.4, -0.2) is 79.3 Å². The molecule has 5 amide bonds. The van der Waals surface area contributed by atoms with Crippen LogP contribution in [0.2, 0.25) is 0 Å². The minimum absolute atomic E-state index is 0.0456. The van der Waals surface area contributed by atoms with Gasteiger partial charge in [0.2, 0.25) is 17.7 Å². The third kappa shape index (κ3) is 17.9. The minimum Gasteiger partial charge on any atom is -0.467 e. The number of ether oxygens (including phenoxy) is 3. The van der Waals surface area contributed by atoms with Crippen molar-refractivity contribution in [3.05, 3.63) is 108 Å². The molecule has 314 valence electrons. The van der Waals surface area contributed by atoms with Crippen molar-refractivity contribution in [3.63, 3.8) is 0 Å². The fraction of sp³-hybridized carbons (Fsp3) is 0.455. The number of hydrogen-bond donors (Lipinski definition) is 5. The summed E-state index contributed by atoms with van der Waals surface area (Å²) in [5.41, 5.74) is 1.56. The highest BCUT2D eigenvalue weighted by Gasteiger charge is 2.33. The van der Waals surface area contributed by atoms with Gasteiger partial charge in [0.05, 0.1) is 7.11 Å². The molecule has 4 atom stereocenters. The van der Waals surface area contributed by atoms with E-state index in [2.05, 4.69) is 26.6 Å². The lowest BCUT2D eigenvalue weighted by Crippen LogP contribution is -2.59. The Morgan fingerprint density at radius 2 is 1.05 bits per heavy atom. The topological polar surface area (TPSA) is 190 Å². The van der Waals surface area contributed by atoms with Crippen LogP contribution in [0.5, 0.6) is 0 Å². The third-order valence-corrected chi connectivity index (χ3v) is 8.75. The van der Waals surface area contributed by atoms with Crippen molar-refractivity contribution >= 4 is 35.9 Å². The summed E-state index contributed by atoms with van der Waals surface area (Å²) in [6.45, 7) is 9.34. The average Bonchev–Trinajstić information content (AvgIpc) is 3.18. The maximum Gasteiger partial charge on any atom is 0.408 e. The Labute approximate surface area is 341 Å². The molecule has 3 aromatic rings. The van der Waals surface area contributed by atoms with Gasteiger partial charge in [0, 0.05) is 19.4 Å². The van der Waals surface area contributed by atoms with Crippen LogP contribution >= 0.6 is 0 Å². The van der Waals surface area contributed by atoms with Crippen molar-refractivity contribution in [1.29, 1.82) is 0 Å². The van der Waals surface area contributed by atoms with Crippen molar-refractivity contribution in [2.24, 2.45) is 5.92 Å². The van der Waals surface area contributed by atoms with Crippen LogP contribution in [0.4, 0.5) is 9.59 Å². The molecule has 3 aromatic carbocycles. The van der Waals surface area contributed by atoms with Gasteiger partial charge in [0.1, 0.15) is 36.4 Å². The van der Waals surface area contributed by atoms with Crippen LogP contribution in [0.3, 0.4) is 0 Å². The minimum atomic E-state index is -1.15. The van der Waals surface area contributed by atoms with E-state index < -0.39 is 65.6 Å². The molecule has 0 saturated carbocycles. The van der Waals surface area contributed by atoms with Gasteiger partial charge >= 0.3 is 18.2 Å². The Balaban J connectivity index is 1.71. The van der Waals surface area contributed by atoms with E-state index in [1.54, 1.807) is 20.8 Å². The smallest absolute Gasteiger partial charge is 0.408 e. The zero-order valence-corrected chi connectivity index (χ0v) is 34.4. The second-order valence-electron chi connectivity index (χ2n) is 15.4. The van der Waals surface area contributed by atoms with Crippen LogP contribution < -0.4 is 26.6 Å². The first-order valence-corrected chi connectivity index (χ1v) is 19.6. The number of unbranched alkanes of at least 4 members (excludes halogenated alkanes) is 1. The predicted octanol–water partition coefficient (Wildman–Crippen LogP) is 5.14. The number of amides is 5. The van der Waals surface area contributed by atoms with E-state index in [1.165, 1.54) is 7.11 Å². The van der Waals surface area contributed by atoms with Crippen molar-refractivity contribution < 1.29 is 43.0 Å². The lowest BCUT2D eigenvalue weighted by molar-refractivity contribution is -0.145. The van der Waals surface area contributed by atoms with E-state index in [1.807, 2.05) is 105 Å². The summed E-state index contributed by atoms with van der Waals surface area (Å²) in [5, 5.41) is 13.7. The summed E-state index contributed by atoms with van der Waals surface area (Å²) in [6.07, 6.45) is 0.217. The Morgan fingerprint density at radius 1 is 0.586 bits per heavy atom. The van der Waals surface area contributed by atoms with E-state index >= 15 is 0 Å². The van der Waals surface area contributed by atoms with Crippen molar-refractivity contribution in [1.82, 2.24) is 26.6 Å². The Morgan fingerprint density at radius 3 is 1.55 bits per heavy atom. The summed E-state index contributed by atoms with van der Waals surface area (Å²) in [6, 6.07) is 23.1. The molecule has 0 aliphatic carbocycles. The SMILES string of the molecule is COC(=O)[C@@H](CCCCNC(=O)OCc1ccccc1)NC(=O)[C@@H](CC(C)C)NC(=O)[C@@H](Cc1ccccc1)NC(=O)[C@@H](Cc1ccccc1)NC(=O)OC(C)(C)C. The molecule has 0 aromatic heterocycles. The summed E-state index contributed by atoms with van der Waals surface area (Å²) in [4.78, 5) is 79.7. The van der Waals surface area contributed by atoms with E-state index in [0.29, 0.717) is 12.8 Å². The van der Waals surface area contributed by atoms with Crippen LogP contribution in [0.15, 0.2) is 91.0 Å². The highest BCUT2D eigenvalue weighted by atomic mass is 16.6. The molecule has 5 N–H and O–H groups in total. The zero-order chi connectivity index (χ0) is 42.5. The van der Waals surface area contributed by atoms with Gasteiger partial charge in [0.25, 0.3) is 0 Å². The second kappa shape index (κ2) is 24.0. The summed E-state index contributed by atoms with van der Waals surface area (Å²) < 4.78 is 15.6. The molecule has 0 aliphatic heterocycles. The number of methoxy groups -OCH3 is 1. The maximum atomic E-state index is 14.1. The van der Waals surface area contributed by atoms with Gasteiger partial charge in [-0.3, -0.25) is 14.4 Å². The summed E-state index contributed by atoms with van der Waals surface area (Å²) >= 11 is 0. The maximum absolute atomic E-state index is 14.1. The number of esters is 1. The van der Waals surface area contributed by atoms with Gasteiger partial charge < -0.3 is 40.8 Å². The molecule has 0 heterocycles. The molecule has 3 rings (SSSR count). The van der Waals surface area contributed by atoms with Crippen molar-refractivity contribution in [3.8, 4) is 0 Å². The molecule has 0 bridgehead atoms. The molecule has 0 radical (unpaired) electrons. The number of benzene rings is 3. The quantitative estimate of drug-likeness (QED) is 0.0552. The predicted molar refractivity (Wildman–Crippen MR) is 219 cm³/mol. The van der Waals surface area contributed by atoms with E-state index in [9.17, 15) is 28.8 Å². The van der Waals surface area contributed by atoms with Gasteiger partial charge in [-0.15, -0.1) is 0 Å². The van der Waals surface area contributed by atoms with E-state index in [-0.39, 0.29) is 44.8 Å². The molecule has 0 saturated heterocycles. The monoisotopic (exact) mass is 801 g/mol.